The van der Waals surface area contributed by atoms with Crippen molar-refractivity contribution in [1.82, 2.24) is 5.32 Å². The van der Waals surface area contributed by atoms with Gasteiger partial charge in [-0.05, 0) is 37.6 Å². The van der Waals surface area contributed by atoms with Gasteiger partial charge in [0.25, 0.3) is 10.1 Å². The SMILES string of the molecule is CC1(C)CCCC(NCCCS(=O)(=O)O)C1. The van der Waals surface area contributed by atoms with Crippen LogP contribution in [0.1, 0.15) is 46.0 Å². The Morgan fingerprint density at radius 1 is 1.44 bits per heavy atom. The van der Waals surface area contributed by atoms with Crippen molar-refractivity contribution in [3.8, 4) is 0 Å². The Balaban J connectivity index is 2.18. The van der Waals surface area contributed by atoms with Crippen LogP contribution in [0, 0.1) is 5.41 Å². The summed E-state index contributed by atoms with van der Waals surface area (Å²) in [6.45, 7) is 5.22. The zero-order chi connectivity index (χ0) is 12.2. The van der Waals surface area contributed by atoms with E-state index in [1.807, 2.05) is 0 Å². The highest BCUT2D eigenvalue weighted by Crippen LogP contribution is 2.34. The molecule has 16 heavy (non-hydrogen) atoms. The average Bonchev–Trinajstić information content (AvgIpc) is 2.09. The van der Waals surface area contributed by atoms with Gasteiger partial charge in [0.2, 0.25) is 0 Å². The van der Waals surface area contributed by atoms with E-state index in [9.17, 15) is 8.42 Å². The van der Waals surface area contributed by atoms with Crippen LogP contribution in [0.3, 0.4) is 0 Å². The van der Waals surface area contributed by atoms with E-state index in [1.165, 1.54) is 19.3 Å². The molecular weight excluding hydrogens is 226 g/mol. The van der Waals surface area contributed by atoms with Crippen LogP contribution in [0.25, 0.3) is 0 Å². The van der Waals surface area contributed by atoms with E-state index in [1.54, 1.807) is 0 Å². The molecule has 0 aliphatic heterocycles. The van der Waals surface area contributed by atoms with Crippen molar-refractivity contribution in [3.63, 3.8) is 0 Å². The lowest BCUT2D eigenvalue weighted by molar-refractivity contribution is 0.199. The van der Waals surface area contributed by atoms with Crippen molar-refractivity contribution in [2.24, 2.45) is 5.41 Å². The van der Waals surface area contributed by atoms with E-state index in [0.29, 0.717) is 24.4 Å². The fourth-order valence-electron chi connectivity index (χ4n) is 2.43. The highest BCUT2D eigenvalue weighted by molar-refractivity contribution is 7.85. The summed E-state index contributed by atoms with van der Waals surface area (Å²) in [5.74, 6) is -0.143. The van der Waals surface area contributed by atoms with E-state index in [0.717, 1.165) is 6.42 Å². The quantitative estimate of drug-likeness (QED) is 0.576. The Morgan fingerprint density at radius 3 is 2.69 bits per heavy atom. The molecule has 96 valence electrons. The molecule has 4 nitrogen and oxygen atoms in total. The Kier molecular flexibility index (Phi) is 4.76. The zero-order valence-corrected chi connectivity index (χ0v) is 11.0. The molecule has 1 unspecified atom stereocenters. The number of hydrogen-bond acceptors (Lipinski definition) is 3. The predicted molar refractivity (Wildman–Crippen MR) is 65.1 cm³/mol. The van der Waals surface area contributed by atoms with E-state index in [4.69, 9.17) is 4.55 Å². The fourth-order valence-corrected chi connectivity index (χ4v) is 2.94. The number of hydrogen-bond donors (Lipinski definition) is 2. The lowest BCUT2D eigenvalue weighted by Crippen LogP contribution is -2.38. The van der Waals surface area contributed by atoms with Gasteiger partial charge in [0.05, 0.1) is 5.75 Å². The minimum Gasteiger partial charge on any atom is -0.314 e. The van der Waals surface area contributed by atoms with Gasteiger partial charge in [0.15, 0.2) is 0 Å². The number of nitrogens with one attached hydrogen (secondary N) is 1. The molecule has 2 N–H and O–H groups in total. The highest BCUT2D eigenvalue weighted by atomic mass is 32.2. The maximum absolute atomic E-state index is 10.5. The Morgan fingerprint density at radius 2 is 2.12 bits per heavy atom. The van der Waals surface area contributed by atoms with Gasteiger partial charge in [-0.2, -0.15) is 8.42 Å². The van der Waals surface area contributed by atoms with Crippen molar-refractivity contribution >= 4 is 10.1 Å². The lowest BCUT2D eigenvalue weighted by atomic mass is 9.75. The first kappa shape index (κ1) is 13.9. The summed E-state index contributed by atoms with van der Waals surface area (Å²) in [6.07, 6.45) is 5.32. The number of rotatable bonds is 5. The molecule has 0 aromatic carbocycles. The molecule has 0 aromatic heterocycles. The lowest BCUT2D eigenvalue weighted by Gasteiger charge is -2.35. The van der Waals surface area contributed by atoms with Crippen molar-refractivity contribution in [3.05, 3.63) is 0 Å². The summed E-state index contributed by atoms with van der Waals surface area (Å²) >= 11 is 0. The molecule has 0 spiro atoms. The van der Waals surface area contributed by atoms with Crippen LogP contribution in [-0.2, 0) is 10.1 Å². The van der Waals surface area contributed by atoms with Gasteiger partial charge in [-0.15, -0.1) is 0 Å². The van der Waals surface area contributed by atoms with Crippen molar-refractivity contribution in [1.29, 1.82) is 0 Å². The third-order valence-corrected chi connectivity index (χ3v) is 4.02. The van der Waals surface area contributed by atoms with Crippen LogP contribution in [0.5, 0.6) is 0 Å². The van der Waals surface area contributed by atoms with Crippen LogP contribution in [-0.4, -0.2) is 31.3 Å². The van der Waals surface area contributed by atoms with Gasteiger partial charge >= 0.3 is 0 Å². The third kappa shape index (κ3) is 5.82. The highest BCUT2D eigenvalue weighted by Gasteiger charge is 2.27. The summed E-state index contributed by atoms with van der Waals surface area (Å²) < 4.78 is 29.6. The minimum atomic E-state index is -3.79. The second-order valence-electron chi connectivity index (χ2n) is 5.55. The fraction of sp³-hybridized carbons (Fsp3) is 1.00. The van der Waals surface area contributed by atoms with Crippen LogP contribution < -0.4 is 5.32 Å². The minimum absolute atomic E-state index is 0.143. The van der Waals surface area contributed by atoms with Crippen molar-refractivity contribution in [2.75, 3.05) is 12.3 Å². The molecule has 1 fully saturated rings. The first-order valence-electron chi connectivity index (χ1n) is 5.97. The summed E-state index contributed by atoms with van der Waals surface area (Å²) in [4.78, 5) is 0. The van der Waals surface area contributed by atoms with Gasteiger partial charge in [0.1, 0.15) is 0 Å². The summed E-state index contributed by atoms with van der Waals surface area (Å²) in [7, 11) is -3.79. The third-order valence-electron chi connectivity index (χ3n) is 3.22. The van der Waals surface area contributed by atoms with E-state index in [2.05, 4.69) is 19.2 Å². The van der Waals surface area contributed by atoms with Gasteiger partial charge < -0.3 is 5.32 Å². The summed E-state index contributed by atoms with van der Waals surface area (Å²) in [6, 6.07) is 0.505. The van der Waals surface area contributed by atoms with Gasteiger partial charge in [-0.1, -0.05) is 20.3 Å². The zero-order valence-electron chi connectivity index (χ0n) is 10.2. The normalized spacial score (nSPS) is 25.6. The molecule has 5 heteroatoms. The molecular formula is C11H23NO3S. The first-order chi connectivity index (χ1) is 7.29. The molecule has 0 amide bonds. The molecule has 1 atom stereocenters. The van der Waals surface area contributed by atoms with E-state index >= 15 is 0 Å². The first-order valence-corrected chi connectivity index (χ1v) is 7.58. The maximum atomic E-state index is 10.5. The summed E-state index contributed by atoms with van der Waals surface area (Å²) in [5.41, 5.74) is 0.402. The Hall–Kier alpha value is -0.130. The second-order valence-corrected chi connectivity index (χ2v) is 7.12. The predicted octanol–water partition coefficient (Wildman–Crippen LogP) is 1.82. The monoisotopic (exact) mass is 249 g/mol. The molecule has 1 rings (SSSR count). The topological polar surface area (TPSA) is 66.4 Å². The molecule has 0 radical (unpaired) electrons. The van der Waals surface area contributed by atoms with Crippen LogP contribution in [0.2, 0.25) is 0 Å². The second kappa shape index (κ2) is 5.47. The van der Waals surface area contributed by atoms with Crippen molar-refractivity contribution in [2.45, 2.75) is 52.0 Å². The molecule has 0 heterocycles. The van der Waals surface area contributed by atoms with Crippen LogP contribution >= 0.6 is 0 Å². The van der Waals surface area contributed by atoms with Crippen LogP contribution in [0.4, 0.5) is 0 Å². The summed E-state index contributed by atoms with van der Waals surface area (Å²) in [5, 5.41) is 3.37. The van der Waals surface area contributed by atoms with Crippen molar-refractivity contribution < 1.29 is 13.0 Å². The molecule has 0 aromatic rings. The van der Waals surface area contributed by atoms with E-state index < -0.39 is 10.1 Å². The molecule has 0 bridgehead atoms. The molecule has 0 saturated heterocycles. The van der Waals surface area contributed by atoms with Gasteiger partial charge in [0, 0.05) is 6.04 Å². The van der Waals surface area contributed by atoms with E-state index in [-0.39, 0.29) is 5.75 Å². The van der Waals surface area contributed by atoms with Gasteiger partial charge in [-0.25, -0.2) is 0 Å². The van der Waals surface area contributed by atoms with Crippen LogP contribution in [0.15, 0.2) is 0 Å². The van der Waals surface area contributed by atoms with Gasteiger partial charge in [-0.3, -0.25) is 4.55 Å². The average molecular weight is 249 g/mol. The smallest absolute Gasteiger partial charge is 0.264 e. The molecule has 1 aliphatic carbocycles. The molecule has 1 saturated carbocycles. The maximum Gasteiger partial charge on any atom is 0.264 e. The largest absolute Gasteiger partial charge is 0.314 e. The Labute approximate surface area is 98.6 Å². The molecule has 1 aliphatic rings. The standard InChI is InChI=1S/C11H23NO3S/c1-11(2)6-3-5-10(9-11)12-7-4-8-16(13,14)15/h10,12H,3-9H2,1-2H3,(H,13,14,15). The Bertz CT molecular complexity index is 311.